The van der Waals surface area contributed by atoms with Gasteiger partial charge in [-0.15, -0.1) is 0 Å². The fourth-order valence-electron chi connectivity index (χ4n) is 1.99. The molecule has 0 bridgehead atoms. The van der Waals surface area contributed by atoms with Gasteiger partial charge in [0.2, 0.25) is 12.4 Å². The zero-order valence-corrected chi connectivity index (χ0v) is 10.1. The van der Waals surface area contributed by atoms with E-state index in [1.165, 1.54) is 7.11 Å². The van der Waals surface area contributed by atoms with E-state index in [1.54, 1.807) is 18.2 Å². The molecule has 1 aromatic rings. The topological polar surface area (TPSA) is 111 Å². The Hall–Kier alpha value is -2.75. The number of ether oxygens (including phenoxy) is 2. The van der Waals surface area contributed by atoms with E-state index in [1.807, 2.05) is 6.07 Å². The van der Waals surface area contributed by atoms with E-state index in [0.29, 0.717) is 17.1 Å². The van der Waals surface area contributed by atoms with Gasteiger partial charge in [0.15, 0.2) is 0 Å². The summed E-state index contributed by atoms with van der Waals surface area (Å²) in [5.41, 5.74) is 6.22. The lowest BCUT2D eigenvalue weighted by atomic mass is 9.89. The highest BCUT2D eigenvalue weighted by molar-refractivity contribution is 5.52. The van der Waals surface area contributed by atoms with Crippen molar-refractivity contribution >= 4 is 0 Å². The third-order valence-corrected chi connectivity index (χ3v) is 2.88. The minimum absolute atomic E-state index is 0.0671. The maximum absolute atomic E-state index is 10.8. The summed E-state index contributed by atoms with van der Waals surface area (Å²) in [6.07, 6.45) is 0. The minimum Gasteiger partial charge on any atom is -0.497 e. The maximum atomic E-state index is 10.8. The Morgan fingerprint density at radius 1 is 1.63 bits per heavy atom. The van der Waals surface area contributed by atoms with Crippen molar-refractivity contribution in [3.05, 3.63) is 45.3 Å². The van der Waals surface area contributed by atoms with Gasteiger partial charge in [0.1, 0.15) is 23.1 Å². The molecule has 0 saturated carbocycles. The summed E-state index contributed by atoms with van der Waals surface area (Å²) in [6, 6.07) is 6.76. The van der Waals surface area contributed by atoms with E-state index < -0.39 is 17.4 Å². The average Bonchev–Trinajstić information content (AvgIpc) is 2.38. The van der Waals surface area contributed by atoms with Crippen LogP contribution >= 0.6 is 0 Å². The van der Waals surface area contributed by atoms with Gasteiger partial charge in [-0.2, -0.15) is 5.26 Å². The van der Waals surface area contributed by atoms with Crippen LogP contribution in [0.15, 0.2) is 29.7 Å². The Bertz CT molecular complexity index is 603. The Kier molecular flexibility index (Phi) is 3.25. The molecule has 0 aliphatic carbocycles. The monoisotopic (exact) mass is 261 g/mol. The quantitative estimate of drug-likeness (QED) is 0.645. The Morgan fingerprint density at radius 2 is 2.37 bits per heavy atom. The molecule has 0 aromatic heterocycles. The van der Waals surface area contributed by atoms with E-state index in [-0.39, 0.29) is 11.5 Å². The van der Waals surface area contributed by atoms with Crippen LogP contribution in [-0.2, 0) is 0 Å². The number of nitriles is 1. The molecule has 1 aliphatic rings. The molecule has 1 aliphatic heterocycles. The van der Waals surface area contributed by atoms with E-state index in [9.17, 15) is 10.1 Å². The van der Waals surface area contributed by atoms with Gasteiger partial charge < -0.3 is 15.2 Å². The summed E-state index contributed by atoms with van der Waals surface area (Å²) in [5.74, 6) is 0.128. The fourth-order valence-corrected chi connectivity index (χ4v) is 1.99. The van der Waals surface area contributed by atoms with E-state index >= 15 is 0 Å². The van der Waals surface area contributed by atoms with Gasteiger partial charge in [0.05, 0.1) is 13.0 Å². The number of nitrogens with two attached hydrogens (primary N) is 1. The zero-order chi connectivity index (χ0) is 14.0. The molecule has 98 valence electrons. The van der Waals surface area contributed by atoms with Crippen LogP contribution in [0.4, 0.5) is 0 Å². The Morgan fingerprint density at radius 3 is 2.95 bits per heavy atom. The minimum atomic E-state index is -0.723. The van der Waals surface area contributed by atoms with Crippen LogP contribution in [0, 0.1) is 21.4 Å². The highest BCUT2D eigenvalue weighted by atomic mass is 16.6. The normalized spacial score (nSPS) is 17.2. The second-order valence-electron chi connectivity index (χ2n) is 3.96. The second-order valence-corrected chi connectivity index (χ2v) is 3.96. The number of benzene rings is 1. The van der Waals surface area contributed by atoms with Crippen molar-refractivity contribution in [3.63, 3.8) is 0 Å². The van der Waals surface area contributed by atoms with Crippen LogP contribution in [-0.4, -0.2) is 18.6 Å². The molecule has 7 heteroatoms. The molecule has 2 N–H and O–H groups in total. The predicted octanol–water partition coefficient (Wildman–Crippen LogP) is 1.14. The van der Waals surface area contributed by atoms with Crippen LogP contribution in [0.1, 0.15) is 11.5 Å². The zero-order valence-electron chi connectivity index (χ0n) is 10.1. The molecular formula is C12H11N3O4. The van der Waals surface area contributed by atoms with Gasteiger partial charge in [-0.1, -0.05) is 0 Å². The maximum Gasteiger partial charge on any atom is 0.215 e. The van der Waals surface area contributed by atoms with Crippen molar-refractivity contribution in [2.75, 3.05) is 13.7 Å². The first kappa shape index (κ1) is 12.7. The van der Waals surface area contributed by atoms with Crippen molar-refractivity contribution in [1.82, 2.24) is 0 Å². The molecule has 1 aromatic carbocycles. The van der Waals surface area contributed by atoms with Crippen LogP contribution in [0.2, 0.25) is 0 Å². The average molecular weight is 261 g/mol. The summed E-state index contributed by atoms with van der Waals surface area (Å²) >= 11 is 0. The van der Waals surface area contributed by atoms with Crippen LogP contribution in [0.5, 0.6) is 11.5 Å². The molecule has 19 heavy (non-hydrogen) atoms. The number of hydrogen-bond acceptors (Lipinski definition) is 6. The Balaban J connectivity index is 2.54. The number of rotatable bonds is 3. The smallest absolute Gasteiger partial charge is 0.215 e. The summed E-state index contributed by atoms with van der Waals surface area (Å²) in [7, 11) is 1.49. The molecular weight excluding hydrogens is 250 g/mol. The number of fused-ring (bicyclic) bond motifs is 1. The SMILES string of the molecule is COc1ccc2c(c1)C(C[N+](=O)[O-])C(C#N)=C(N)O2. The lowest BCUT2D eigenvalue weighted by molar-refractivity contribution is -0.482. The first-order chi connectivity index (χ1) is 9.06. The van der Waals surface area contributed by atoms with Crippen molar-refractivity contribution in [1.29, 1.82) is 5.26 Å². The summed E-state index contributed by atoms with van der Waals surface area (Å²) < 4.78 is 10.4. The third-order valence-electron chi connectivity index (χ3n) is 2.88. The van der Waals surface area contributed by atoms with E-state index in [2.05, 4.69) is 0 Å². The number of methoxy groups -OCH3 is 1. The molecule has 0 saturated heterocycles. The molecule has 1 unspecified atom stereocenters. The Labute approximate surface area is 109 Å². The van der Waals surface area contributed by atoms with E-state index in [4.69, 9.17) is 20.5 Å². The van der Waals surface area contributed by atoms with Crippen molar-refractivity contribution in [3.8, 4) is 17.6 Å². The van der Waals surface area contributed by atoms with Gasteiger partial charge in [-0.3, -0.25) is 10.1 Å². The molecule has 1 heterocycles. The van der Waals surface area contributed by atoms with Crippen LogP contribution in [0.25, 0.3) is 0 Å². The molecule has 0 fully saturated rings. The fraction of sp³-hybridized carbons (Fsp3) is 0.250. The van der Waals surface area contributed by atoms with Gasteiger partial charge in [0, 0.05) is 10.5 Å². The first-order valence-electron chi connectivity index (χ1n) is 5.44. The molecule has 0 radical (unpaired) electrons. The van der Waals surface area contributed by atoms with Crippen LogP contribution in [0.3, 0.4) is 0 Å². The summed E-state index contributed by atoms with van der Waals surface area (Å²) in [4.78, 5) is 10.3. The van der Waals surface area contributed by atoms with Gasteiger partial charge in [-0.25, -0.2) is 0 Å². The number of nitro groups is 1. The standard InChI is InChI=1S/C12H11N3O4/c1-18-7-2-3-11-8(4-7)10(6-15(16)17)9(5-13)12(14)19-11/h2-4,10H,6,14H2,1H3. The van der Waals surface area contributed by atoms with Gasteiger partial charge in [0.25, 0.3) is 0 Å². The van der Waals surface area contributed by atoms with Crippen LogP contribution < -0.4 is 15.2 Å². The lowest BCUT2D eigenvalue weighted by Crippen LogP contribution is -2.24. The summed E-state index contributed by atoms with van der Waals surface area (Å²) in [6.45, 7) is -0.423. The molecule has 2 rings (SSSR count). The largest absolute Gasteiger partial charge is 0.497 e. The lowest BCUT2D eigenvalue weighted by Gasteiger charge is -2.23. The van der Waals surface area contributed by atoms with Gasteiger partial charge in [-0.05, 0) is 18.2 Å². The molecule has 0 spiro atoms. The summed E-state index contributed by atoms with van der Waals surface area (Å²) in [5, 5.41) is 19.8. The first-order valence-corrected chi connectivity index (χ1v) is 5.44. The molecule has 1 atom stereocenters. The van der Waals surface area contributed by atoms with Crippen molar-refractivity contribution < 1.29 is 14.4 Å². The third kappa shape index (κ3) is 2.28. The predicted molar refractivity (Wildman–Crippen MR) is 65.1 cm³/mol. The molecule has 0 amide bonds. The number of nitrogens with zero attached hydrogens (tertiary/aromatic N) is 2. The van der Waals surface area contributed by atoms with Crippen molar-refractivity contribution in [2.24, 2.45) is 5.73 Å². The highest BCUT2D eigenvalue weighted by Crippen LogP contribution is 2.39. The second kappa shape index (κ2) is 4.86. The van der Waals surface area contributed by atoms with Gasteiger partial charge >= 0.3 is 0 Å². The highest BCUT2D eigenvalue weighted by Gasteiger charge is 2.33. The van der Waals surface area contributed by atoms with Crippen molar-refractivity contribution in [2.45, 2.75) is 5.92 Å². The molecule has 7 nitrogen and oxygen atoms in total. The van der Waals surface area contributed by atoms with E-state index in [0.717, 1.165) is 0 Å². The number of hydrogen-bond donors (Lipinski definition) is 1.